The first-order valence-corrected chi connectivity index (χ1v) is 4.55. The van der Waals surface area contributed by atoms with Crippen molar-refractivity contribution < 1.29 is 15.3 Å². The van der Waals surface area contributed by atoms with Crippen LogP contribution in [0.5, 0.6) is 0 Å². The molecule has 0 bridgehead atoms. The van der Waals surface area contributed by atoms with Gasteiger partial charge < -0.3 is 10.5 Å². The van der Waals surface area contributed by atoms with Gasteiger partial charge in [0.15, 0.2) is 0 Å². The number of quaternary nitrogens is 1. The van der Waals surface area contributed by atoms with Crippen LogP contribution in [0.2, 0.25) is 0 Å². The van der Waals surface area contributed by atoms with Gasteiger partial charge in [0.05, 0.1) is 12.0 Å². The maximum Gasteiger partial charge on any atom is 0.311 e. The Morgan fingerprint density at radius 3 is 3.08 bits per heavy atom. The molecule has 66 valence electrons. The van der Waals surface area contributed by atoms with Crippen LogP contribution in [0.3, 0.4) is 0 Å². The number of methoxy groups -OCH3 is 1. The predicted molar refractivity (Wildman–Crippen MR) is 46.6 cm³/mol. The monoisotopic (exact) mass is 186 g/mol. The Morgan fingerprint density at radius 1 is 1.83 bits per heavy atom. The third kappa shape index (κ3) is 2.32. The third-order valence-electron chi connectivity index (χ3n) is 1.59. The van der Waals surface area contributed by atoms with Gasteiger partial charge in [-0.15, -0.1) is 11.3 Å². The molecular weight excluding hydrogens is 174 g/mol. The summed E-state index contributed by atoms with van der Waals surface area (Å²) in [6.07, 6.45) is 0.358. The molecule has 0 saturated carbocycles. The normalized spacial score (nSPS) is 12.5. The predicted octanol–water partition coefficient (Wildman–Crippen LogP) is 0.594. The maximum atomic E-state index is 10.9. The first kappa shape index (κ1) is 9.22. The van der Waals surface area contributed by atoms with Crippen LogP contribution < -0.4 is 5.73 Å². The lowest BCUT2D eigenvalue weighted by Gasteiger charge is -2.03. The molecule has 3 N–H and O–H groups in total. The molecule has 0 aliphatic heterocycles. The topological polar surface area (TPSA) is 53.9 Å². The summed E-state index contributed by atoms with van der Waals surface area (Å²) in [5.74, 6) is -0.205. The molecule has 0 aliphatic carbocycles. The molecule has 0 aromatic carbocycles. The first-order valence-electron chi connectivity index (χ1n) is 3.67. The minimum atomic E-state index is -0.205. The van der Waals surface area contributed by atoms with Crippen LogP contribution >= 0.6 is 11.3 Å². The Kier molecular flexibility index (Phi) is 3.25. The van der Waals surface area contributed by atoms with E-state index in [9.17, 15) is 4.79 Å². The molecule has 0 radical (unpaired) electrons. The van der Waals surface area contributed by atoms with Crippen LogP contribution in [-0.2, 0) is 9.53 Å². The van der Waals surface area contributed by atoms with E-state index in [1.807, 2.05) is 17.5 Å². The fraction of sp³-hybridized carbons (Fsp3) is 0.375. The number of hydrogen-bond donors (Lipinski definition) is 1. The molecular formula is C8H12NO2S+. The number of esters is 1. The van der Waals surface area contributed by atoms with Crippen LogP contribution in [0.1, 0.15) is 17.3 Å². The summed E-state index contributed by atoms with van der Waals surface area (Å²) in [4.78, 5) is 12.0. The lowest BCUT2D eigenvalue weighted by atomic mass is 10.2. The highest BCUT2D eigenvalue weighted by Gasteiger charge is 2.15. The van der Waals surface area contributed by atoms with Gasteiger partial charge in [0.1, 0.15) is 12.5 Å². The van der Waals surface area contributed by atoms with E-state index in [4.69, 9.17) is 0 Å². The lowest BCUT2D eigenvalue weighted by Crippen LogP contribution is -2.54. The second kappa shape index (κ2) is 4.23. The van der Waals surface area contributed by atoms with Crippen LogP contribution in [0.15, 0.2) is 17.5 Å². The highest BCUT2D eigenvalue weighted by molar-refractivity contribution is 7.10. The molecule has 1 heterocycles. The SMILES string of the molecule is COC(=O)CC([NH3+])c1cccs1. The molecule has 4 heteroatoms. The van der Waals surface area contributed by atoms with Gasteiger partial charge in [-0.3, -0.25) is 4.79 Å². The molecule has 0 fully saturated rings. The lowest BCUT2D eigenvalue weighted by molar-refractivity contribution is -0.424. The van der Waals surface area contributed by atoms with E-state index in [1.54, 1.807) is 11.3 Å². The van der Waals surface area contributed by atoms with Gasteiger partial charge in [0, 0.05) is 0 Å². The highest BCUT2D eigenvalue weighted by atomic mass is 32.1. The average molecular weight is 186 g/mol. The number of thiophene rings is 1. The van der Waals surface area contributed by atoms with Crippen molar-refractivity contribution in [3.8, 4) is 0 Å². The molecule has 0 spiro atoms. The molecule has 3 nitrogen and oxygen atoms in total. The van der Waals surface area contributed by atoms with Crippen molar-refractivity contribution in [2.75, 3.05) is 7.11 Å². The van der Waals surface area contributed by atoms with E-state index in [2.05, 4.69) is 10.5 Å². The van der Waals surface area contributed by atoms with Crippen molar-refractivity contribution in [2.45, 2.75) is 12.5 Å². The average Bonchev–Trinajstić information content (AvgIpc) is 2.56. The molecule has 0 aliphatic rings. The molecule has 1 unspecified atom stereocenters. The van der Waals surface area contributed by atoms with E-state index in [-0.39, 0.29) is 12.0 Å². The molecule has 0 amide bonds. The van der Waals surface area contributed by atoms with E-state index < -0.39 is 0 Å². The summed E-state index contributed by atoms with van der Waals surface area (Å²) >= 11 is 1.61. The van der Waals surface area contributed by atoms with Crippen LogP contribution in [0.4, 0.5) is 0 Å². The number of hydrogen-bond acceptors (Lipinski definition) is 3. The van der Waals surface area contributed by atoms with Gasteiger partial charge >= 0.3 is 5.97 Å². The van der Waals surface area contributed by atoms with E-state index in [0.29, 0.717) is 6.42 Å². The summed E-state index contributed by atoms with van der Waals surface area (Å²) in [5.41, 5.74) is 3.88. The van der Waals surface area contributed by atoms with Gasteiger partial charge in [-0.25, -0.2) is 0 Å². The van der Waals surface area contributed by atoms with Gasteiger partial charge in [-0.05, 0) is 11.4 Å². The van der Waals surface area contributed by atoms with Crippen molar-refractivity contribution in [2.24, 2.45) is 0 Å². The maximum absolute atomic E-state index is 10.9. The number of carbonyl (C=O) groups excluding carboxylic acids is 1. The quantitative estimate of drug-likeness (QED) is 0.702. The minimum absolute atomic E-state index is 0.0254. The Morgan fingerprint density at radius 2 is 2.58 bits per heavy atom. The fourth-order valence-electron chi connectivity index (χ4n) is 0.909. The Labute approximate surface area is 75.1 Å². The zero-order valence-electron chi connectivity index (χ0n) is 6.95. The molecule has 1 aromatic rings. The van der Waals surface area contributed by atoms with Gasteiger partial charge in [-0.2, -0.15) is 0 Å². The van der Waals surface area contributed by atoms with Crippen LogP contribution in [-0.4, -0.2) is 13.1 Å². The largest absolute Gasteiger partial charge is 0.469 e. The van der Waals surface area contributed by atoms with E-state index in [1.165, 1.54) is 7.11 Å². The van der Waals surface area contributed by atoms with Crippen molar-refractivity contribution in [3.63, 3.8) is 0 Å². The minimum Gasteiger partial charge on any atom is -0.469 e. The summed E-state index contributed by atoms with van der Waals surface area (Å²) in [6, 6.07) is 3.96. The van der Waals surface area contributed by atoms with E-state index in [0.717, 1.165) is 4.88 Å². The zero-order chi connectivity index (χ0) is 8.97. The van der Waals surface area contributed by atoms with Gasteiger partial charge in [0.2, 0.25) is 0 Å². The van der Waals surface area contributed by atoms with E-state index >= 15 is 0 Å². The van der Waals surface area contributed by atoms with Gasteiger partial charge in [0.25, 0.3) is 0 Å². The highest BCUT2D eigenvalue weighted by Crippen LogP contribution is 2.17. The van der Waals surface area contributed by atoms with Crippen molar-refractivity contribution in [1.82, 2.24) is 0 Å². The molecule has 0 saturated heterocycles. The summed E-state index contributed by atoms with van der Waals surface area (Å²) in [6.45, 7) is 0. The molecule has 1 rings (SSSR count). The first-order chi connectivity index (χ1) is 5.74. The standard InChI is InChI=1S/C8H11NO2S/c1-11-8(10)5-6(9)7-3-2-4-12-7/h2-4,6H,5,9H2,1H3/p+1. The molecule has 1 atom stereocenters. The smallest absolute Gasteiger partial charge is 0.311 e. The summed E-state index contributed by atoms with van der Waals surface area (Å²) in [5, 5.41) is 1.98. The van der Waals surface area contributed by atoms with Gasteiger partial charge in [-0.1, -0.05) is 6.07 Å². The third-order valence-corrected chi connectivity index (χ3v) is 2.62. The number of rotatable bonds is 3. The zero-order valence-corrected chi connectivity index (χ0v) is 7.76. The van der Waals surface area contributed by atoms with Crippen LogP contribution in [0, 0.1) is 0 Å². The fourth-order valence-corrected chi connectivity index (χ4v) is 1.66. The second-order valence-electron chi connectivity index (χ2n) is 2.49. The Bertz CT molecular complexity index is 246. The Balaban J connectivity index is 2.49. The Hall–Kier alpha value is -0.870. The summed E-state index contributed by atoms with van der Waals surface area (Å²) in [7, 11) is 1.39. The van der Waals surface area contributed by atoms with Crippen molar-refractivity contribution >= 4 is 17.3 Å². The second-order valence-corrected chi connectivity index (χ2v) is 3.47. The van der Waals surface area contributed by atoms with Crippen LogP contribution in [0.25, 0.3) is 0 Å². The van der Waals surface area contributed by atoms with Crippen molar-refractivity contribution in [3.05, 3.63) is 22.4 Å². The molecule has 1 aromatic heterocycles. The molecule has 12 heavy (non-hydrogen) atoms. The number of ether oxygens (including phenoxy) is 1. The number of carbonyl (C=O) groups is 1. The summed E-state index contributed by atoms with van der Waals surface area (Å²) < 4.78 is 4.54. The van der Waals surface area contributed by atoms with Crippen molar-refractivity contribution in [1.29, 1.82) is 0 Å².